The number of thioether (sulfide) groups is 1. The molecule has 0 aromatic carbocycles. The van der Waals surface area contributed by atoms with Crippen molar-refractivity contribution in [2.75, 3.05) is 16.8 Å². The van der Waals surface area contributed by atoms with Gasteiger partial charge in [0, 0.05) is 11.8 Å². The second-order valence-electron chi connectivity index (χ2n) is 3.45. The minimum Gasteiger partial charge on any atom is -0.365 e. The van der Waals surface area contributed by atoms with Crippen LogP contribution in [-0.4, -0.2) is 42.6 Å². The lowest BCUT2D eigenvalue weighted by Gasteiger charge is -2.14. The standard InChI is InChI=1S/C9H14N6S/c1-3-16-6-7(2)11-8-4-10-5-9-12-13-14-15(8)9/h4-5,7,11H,3,6H2,1-2H3. The average Bonchev–Trinajstić information content (AvgIpc) is 2.75. The first-order valence-corrected chi connectivity index (χ1v) is 6.33. The number of nitrogens with zero attached hydrogens (tertiary/aromatic N) is 5. The Morgan fingerprint density at radius 2 is 2.38 bits per heavy atom. The predicted molar refractivity (Wildman–Crippen MR) is 64.7 cm³/mol. The van der Waals surface area contributed by atoms with E-state index in [-0.39, 0.29) is 0 Å². The summed E-state index contributed by atoms with van der Waals surface area (Å²) in [5, 5.41) is 14.7. The zero-order valence-corrected chi connectivity index (χ0v) is 10.1. The second kappa shape index (κ2) is 5.11. The van der Waals surface area contributed by atoms with Crippen molar-refractivity contribution in [3.8, 4) is 0 Å². The lowest BCUT2D eigenvalue weighted by atomic mass is 10.4. The summed E-state index contributed by atoms with van der Waals surface area (Å²) >= 11 is 1.90. The first kappa shape index (κ1) is 11.1. The Morgan fingerprint density at radius 1 is 1.50 bits per heavy atom. The molecule has 1 N–H and O–H groups in total. The van der Waals surface area contributed by atoms with E-state index in [9.17, 15) is 0 Å². The van der Waals surface area contributed by atoms with Gasteiger partial charge in [0.15, 0.2) is 11.5 Å². The van der Waals surface area contributed by atoms with Crippen molar-refractivity contribution in [2.24, 2.45) is 0 Å². The largest absolute Gasteiger partial charge is 0.365 e. The zero-order chi connectivity index (χ0) is 11.4. The molecule has 1 atom stereocenters. The van der Waals surface area contributed by atoms with Gasteiger partial charge >= 0.3 is 0 Å². The maximum absolute atomic E-state index is 4.09. The van der Waals surface area contributed by atoms with Gasteiger partial charge in [0.05, 0.1) is 12.4 Å². The fraction of sp³-hybridized carbons (Fsp3) is 0.556. The number of hydrogen-bond donors (Lipinski definition) is 1. The van der Waals surface area contributed by atoms with Crippen LogP contribution in [0.1, 0.15) is 13.8 Å². The zero-order valence-electron chi connectivity index (χ0n) is 9.29. The van der Waals surface area contributed by atoms with Crippen LogP contribution in [0.4, 0.5) is 5.82 Å². The number of rotatable bonds is 5. The summed E-state index contributed by atoms with van der Waals surface area (Å²) in [5.74, 6) is 3.00. The highest BCUT2D eigenvalue weighted by Crippen LogP contribution is 2.10. The predicted octanol–water partition coefficient (Wildman–Crippen LogP) is 1.07. The van der Waals surface area contributed by atoms with Crippen LogP contribution in [-0.2, 0) is 0 Å². The summed E-state index contributed by atoms with van der Waals surface area (Å²) in [6, 6.07) is 0.363. The van der Waals surface area contributed by atoms with E-state index in [4.69, 9.17) is 0 Å². The molecule has 2 aromatic heterocycles. The number of fused-ring (bicyclic) bond motifs is 1. The normalized spacial score (nSPS) is 12.9. The third-order valence-corrected chi connectivity index (χ3v) is 3.22. The van der Waals surface area contributed by atoms with Crippen molar-refractivity contribution >= 4 is 23.2 Å². The van der Waals surface area contributed by atoms with E-state index in [1.165, 1.54) is 0 Å². The van der Waals surface area contributed by atoms with Gasteiger partial charge < -0.3 is 5.32 Å². The Bertz CT molecular complexity index is 456. The molecule has 16 heavy (non-hydrogen) atoms. The van der Waals surface area contributed by atoms with Crippen molar-refractivity contribution < 1.29 is 0 Å². The van der Waals surface area contributed by atoms with E-state index in [0.717, 1.165) is 17.3 Å². The SMILES string of the molecule is CCSCC(C)Nc1cncc2nnnn12. The Morgan fingerprint density at radius 3 is 3.19 bits per heavy atom. The first-order chi connectivity index (χ1) is 7.81. The van der Waals surface area contributed by atoms with Crippen molar-refractivity contribution in [3.63, 3.8) is 0 Å². The van der Waals surface area contributed by atoms with E-state index in [0.29, 0.717) is 11.7 Å². The molecule has 2 aromatic rings. The van der Waals surface area contributed by atoms with Gasteiger partial charge in [-0.2, -0.15) is 16.3 Å². The molecule has 0 spiro atoms. The third-order valence-electron chi connectivity index (χ3n) is 2.07. The van der Waals surface area contributed by atoms with Gasteiger partial charge in [-0.05, 0) is 23.1 Å². The number of tetrazole rings is 1. The molecule has 0 saturated carbocycles. The number of aromatic nitrogens is 5. The van der Waals surface area contributed by atoms with Crippen molar-refractivity contribution in [3.05, 3.63) is 12.4 Å². The van der Waals surface area contributed by atoms with Crippen LogP contribution >= 0.6 is 11.8 Å². The van der Waals surface area contributed by atoms with E-state index < -0.39 is 0 Å². The first-order valence-electron chi connectivity index (χ1n) is 5.17. The highest BCUT2D eigenvalue weighted by Gasteiger charge is 2.07. The van der Waals surface area contributed by atoms with Crippen molar-refractivity contribution in [2.45, 2.75) is 19.9 Å². The molecule has 0 bridgehead atoms. The lowest BCUT2D eigenvalue weighted by molar-refractivity contribution is 0.803. The molecular formula is C9H14N6S. The van der Waals surface area contributed by atoms with Crippen LogP contribution < -0.4 is 5.32 Å². The molecule has 1 unspecified atom stereocenters. The van der Waals surface area contributed by atoms with Gasteiger partial charge in [0.1, 0.15) is 0 Å². The summed E-state index contributed by atoms with van der Waals surface area (Å²) in [5.41, 5.74) is 0.653. The summed E-state index contributed by atoms with van der Waals surface area (Å²) in [6.45, 7) is 4.28. The molecule has 0 amide bonds. The van der Waals surface area contributed by atoms with Gasteiger partial charge in [-0.25, -0.2) is 0 Å². The summed E-state index contributed by atoms with van der Waals surface area (Å²) in [7, 11) is 0. The van der Waals surface area contributed by atoms with Gasteiger partial charge in [-0.15, -0.1) is 5.10 Å². The summed E-state index contributed by atoms with van der Waals surface area (Å²) < 4.78 is 1.65. The number of nitrogens with one attached hydrogen (secondary N) is 1. The van der Waals surface area contributed by atoms with Gasteiger partial charge in [0.2, 0.25) is 0 Å². The Labute approximate surface area is 97.8 Å². The lowest BCUT2D eigenvalue weighted by Crippen LogP contribution is -2.20. The molecule has 2 rings (SSSR count). The van der Waals surface area contributed by atoms with Crippen LogP contribution in [0.25, 0.3) is 5.65 Å². The van der Waals surface area contributed by atoms with Gasteiger partial charge in [-0.3, -0.25) is 4.98 Å². The fourth-order valence-electron chi connectivity index (χ4n) is 1.36. The van der Waals surface area contributed by atoms with Crippen LogP contribution in [0.15, 0.2) is 12.4 Å². The molecule has 86 valence electrons. The summed E-state index contributed by atoms with van der Waals surface area (Å²) in [4.78, 5) is 4.09. The van der Waals surface area contributed by atoms with Crippen LogP contribution in [0.5, 0.6) is 0 Å². The second-order valence-corrected chi connectivity index (χ2v) is 4.77. The minimum absolute atomic E-state index is 0.363. The molecule has 0 saturated heterocycles. The minimum atomic E-state index is 0.363. The molecule has 0 radical (unpaired) electrons. The Balaban J connectivity index is 2.11. The monoisotopic (exact) mass is 238 g/mol. The Kier molecular flexibility index (Phi) is 3.55. The maximum Gasteiger partial charge on any atom is 0.199 e. The van der Waals surface area contributed by atoms with Gasteiger partial charge in [-0.1, -0.05) is 6.92 Å². The third kappa shape index (κ3) is 2.41. The van der Waals surface area contributed by atoms with E-state index in [1.54, 1.807) is 16.9 Å². The maximum atomic E-state index is 4.09. The number of anilines is 1. The highest BCUT2D eigenvalue weighted by atomic mass is 32.2. The summed E-state index contributed by atoms with van der Waals surface area (Å²) in [6.07, 6.45) is 3.37. The van der Waals surface area contributed by atoms with Crippen LogP contribution in [0.3, 0.4) is 0 Å². The quantitative estimate of drug-likeness (QED) is 0.840. The molecule has 2 heterocycles. The number of hydrogen-bond acceptors (Lipinski definition) is 6. The van der Waals surface area contributed by atoms with Crippen molar-refractivity contribution in [1.29, 1.82) is 0 Å². The molecule has 0 aliphatic heterocycles. The van der Waals surface area contributed by atoms with E-state index in [1.807, 2.05) is 11.8 Å². The average molecular weight is 238 g/mol. The smallest absolute Gasteiger partial charge is 0.199 e. The van der Waals surface area contributed by atoms with E-state index >= 15 is 0 Å². The fourth-order valence-corrected chi connectivity index (χ4v) is 2.04. The highest BCUT2D eigenvalue weighted by molar-refractivity contribution is 7.99. The molecule has 6 nitrogen and oxygen atoms in total. The molecule has 0 aliphatic carbocycles. The molecule has 7 heteroatoms. The van der Waals surface area contributed by atoms with Crippen LogP contribution in [0, 0.1) is 0 Å². The molecule has 0 aliphatic rings. The Hall–Kier alpha value is -1.37. The van der Waals surface area contributed by atoms with Gasteiger partial charge in [0.25, 0.3) is 0 Å². The molecular weight excluding hydrogens is 224 g/mol. The van der Waals surface area contributed by atoms with Crippen molar-refractivity contribution in [1.82, 2.24) is 25.0 Å². The van der Waals surface area contributed by atoms with Crippen LogP contribution in [0.2, 0.25) is 0 Å². The topological polar surface area (TPSA) is 68.0 Å². The molecule has 0 fully saturated rings. The van der Waals surface area contributed by atoms with E-state index in [2.05, 4.69) is 39.7 Å².